The zero-order chi connectivity index (χ0) is 18.7. The van der Waals surface area contributed by atoms with Crippen LogP contribution in [0.15, 0.2) is 52.1 Å². The molecular formula is C19H18ClN3O2S. The first-order valence-corrected chi connectivity index (χ1v) is 9.32. The first-order chi connectivity index (χ1) is 12.4. The third kappa shape index (κ3) is 4.45. The van der Waals surface area contributed by atoms with Crippen LogP contribution < -0.4 is 5.32 Å². The first-order valence-electron chi connectivity index (χ1n) is 8.06. The van der Waals surface area contributed by atoms with Crippen LogP contribution in [0.5, 0.6) is 0 Å². The highest BCUT2D eigenvalue weighted by Gasteiger charge is 2.19. The Hall–Kier alpha value is -2.31. The fourth-order valence-corrected chi connectivity index (χ4v) is 3.34. The third-order valence-corrected chi connectivity index (χ3v) is 4.92. The van der Waals surface area contributed by atoms with Crippen molar-refractivity contribution in [3.8, 4) is 11.5 Å². The highest BCUT2D eigenvalue weighted by molar-refractivity contribution is 8.00. The molecule has 1 atom stereocenters. The number of benzene rings is 2. The van der Waals surface area contributed by atoms with Crippen LogP contribution in [0.25, 0.3) is 11.5 Å². The number of nitrogens with one attached hydrogen (secondary N) is 1. The minimum Gasteiger partial charge on any atom is -0.411 e. The highest BCUT2D eigenvalue weighted by Crippen LogP contribution is 2.28. The van der Waals surface area contributed by atoms with Gasteiger partial charge < -0.3 is 9.73 Å². The van der Waals surface area contributed by atoms with E-state index >= 15 is 0 Å². The molecule has 0 aliphatic heterocycles. The molecule has 0 unspecified atom stereocenters. The second kappa shape index (κ2) is 7.93. The molecule has 3 rings (SSSR count). The lowest BCUT2D eigenvalue weighted by Crippen LogP contribution is -2.22. The molecule has 0 aliphatic carbocycles. The molecule has 134 valence electrons. The van der Waals surface area contributed by atoms with E-state index < -0.39 is 5.25 Å². The Labute approximate surface area is 161 Å². The number of hydrogen-bond donors (Lipinski definition) is 1. The van der Waals surface area contributed by atoms with Gasteiger partial charge in [0.2, 0.25) is 11.8 Å². The molecule has 1 aromatic heterocycles. The summed E-state index contributed by atoms with van der Waals surface area (Å²) in [5, 5.41) is 11.4. The van der Waals surface area contributed by atoms with Gasteiger partial charge in [-0.15, -0.1) is 10.2 Å². The van der Waals surface area contributed by atoms with Gasteiger partial charge in [0, 0.05) is 5.56 Å². The van der Waals surface area contributed by atoms with E-state index in [2.05, 4.69) is 21.6 Å². The number of aryl methyl sites for hydroxylation is 2. The largest absolute Gasteiger partial charge is 0.411 e. The van der Waals surface area contributed by atoms with Crippen LogP contribution in [-0.4, -0.2) is 21.4 Å². The van der Waals surface area contributed by atoms with Crippen LogP contribution in [0.4, 0.5) is 5.69 Å². The van der Waals surface area contributed by atoms with Crippen molar-refractivity contribution < 1.29 is 9.21 Å². The fraction of sp³-hybridized carbons (Fsp3) is 0.211. The van der Waals surface area contributed by atoms with Gasteiger partial charge in [0.15, 0.2) is 0 Å². The van der Waals surface area contributed by atoms with Crippen molar-refractivity contribution in [2.45, 2.75) is 31.2 Å². The van der Waals surface area contributed by atoms with Gasteiger partial charge in [-0.25, -0.2) is 0 Å². The molecule has 0 fully saturated rings. The van der Waals surface area contributed by atoms with Crippen LogP contribution in [-0.2, 0) is 4.79 Å². The number of carbonyl (C=O) groups excluding carboxylic acids is 1. The van der Waals surface area contributed by atoms with Crippen molar-refractivity contribution in [1.29, 1.82) is 0 Å². The molecule has 0 saturated carbocycles. The van der Waals surface area contributed by atoms with E-state index in [4.69, 9.17) is 16.0 Å². The molecule has 2 aromatic carbocycles. The van der Waals surface area contributed by atoms with Gasteiger partial charge in [-0.2, -0.15) is 0 Å². The molecular weight excluding hydrogens is 370 g/mol. The van der Waals surface area contributed by atoms with Crippen molar-refractivity contribution in [2.75, 3.05) is 5.32 Å². The Kier molecular flexibility index (Phi) is 5.64. The topological polar surface area (TPSA) is 68.0 Å². The molecule has 1 amide bonds. The van der Waals surface area contributed by atoms with Crippen molar-refractivity contribution in [3.63, 3.8) is 0 Å². The summed E-state index contributed by atoms with van der Waals surface area (Å²) < 4.78 is 5.71. The predicted molar refractivity (Wildman–Crippen MR) is 105 cm³/mol. The van der Waals surface area contributed by atoms with Gasteiger partial charge in [0.25, 0.3) is 5.22 Å². The molecule has 3 aromatic rings. The maximum Gasteiger partial charge on any atom is 0.277 e. The molecule has 1 heterocycles. The SMILES string of the molecule is Cc1cc(C)cc(-c2nnc(S[C@H](C)C(=O)Nc3ccccc3Cl)o2)c1. The summed E-state index contributed by atoms with van der Waals surface area (Å²) in [6.45, 7) is 5.81. The van der Waals surface area contributed by atoms with Crippen LogP contribution >= 0.6 is 23.4 Å². The normalized spacial score (nSPS) is 12.0. The third-order valence-electron chi connectivity index (χ3n) is 3.65. The maximum absolute atomic E-state index is 12.4. The lowest BCUT2D eigenvalue weighted by molar-refractivity contribution is -0.115. The molecule has 5 nitrogen and oxygen atoms in total. The number of aromatic nitrogens is 2. The fourth-order valence-electron chi connectivity index (χ4n) is 2.47. The number of rotatable bonds is 5. The number of hydrogen-bond acceptors (Lipinski definition) is 5. The number of nitrogens with zero attached hydrogens (tertiary/aromatic N) is 2. The summed E-state index contributed by atoms with van der Waals surface area (Å²) in [7, 11) is 0. The Bertz CT molecular complexity index is 922. The molecule has 26 heavy (non-hydrogen) atoms. The maximum atomic E-state index is 12.4. The van der Waals surface area contributed by atoms with E-state index in [0.717, 1.165) is 16.7 Å². The lowest BCUT2D eigenvalue weighted by Gasteiger charge is -2.10. The Balaban J connectivity index is 1.68. The lowest BCUT2D eigenvalue weighted by atomic mass is 10.1. The number of carbonyl (C=O) groups is 1. The Morgan fingerprint density at radius 2 is 1.85 bits per heavy atom. The molecule has 0 radical (unpaired) electrons. The van der Waals surface area contributed by atoms with E-state index in [1.54, 1.807) is 19.1 Å². The molecule has 0 bridgehead atoms. The van der Waals surface area contributed by atoms with Gasteiger partial charge in [-0.05, 0) is 45.0 Å². The Morgan fingerprint density at radius 3 is 2.54 bits per heavy atom. The zero-order valence-corrected chi connectivity index (χ0v) is 16.2. The van der Waals surface area contributed by atoms with Gasteiger partial charge in [-0.3, -0.25) is 4.79 Å². The minimum atomic E-state index is -0.418. The minimum absolute atomic E-state index is 0.186. The van der Waals surface area contributed by atoms with E-state index in [0.29, 0.717) is 21.8 Å². The van der Waals surface area contributed by atoms with Crippen molar-refractivity contribution in [3.05, 3.63) is 58.6 Å². The van der Waals surface area contributed by atoms with Gasteiger partial charge in [-0.1, -0.05) is 52.7 Å². The highest BCUT2D eigenvalue weighted by atomic mass is 35.5. The predicted octanol–water partition coefficient (Wildman–Crippen LogP) is 5.13. The number of para-hydroxylation sites is 1. The summed E-state index contributed by atoms with van der Waals surface area (Å²) >= 11 is 7.27. The smallest absolute Gasteiger partial charge is 0.277 e. The molecule has 0 spiro atoms. The van der Waals surface area contributed by atoms with E-state index in [1.165, 1.54) is 11.8 Å². The summed E-state index contributed by atoms with van der Waals surface area (Å²) in [6.07, 6.45) is 0. The second-order valence-corrected chi connectivity index (χ2v) is 7.68. The van der Waals surface area contributed by atoms with Crippen molar-refractivity contribution in [2.24, 2.45) is 0 Å². The summed E-state index contributed by atoms with van der Waals surface area (Å²) in [5.41, 5.74) is 3.70. The summed E-state index contributed by atoms with van der Waals surface area (Å²) in [5.74, 6) is 0.257. The molecule has 7 heteroatoms. The van der Waals surface area contributed by atoms with E-state index in [1.807, 2.05) is 38.1 Å². The van der Waals surface area contributed by atoms with Gasteiger partial charge in [0.1, 0.15) is 0 Å². The number of halogens is 1. The van der Waals surface area contributed by atoms with Crippen molar-refractivity contribution in [1.82, 2.24) is 10.2 Å². The van der Waals surface area contributed by atoms with Crippen molar-refractivity contribution >= 4 is 35.0 Å². The molecule has 1 N–H and O–H groups in total. The van der Waals surface area contributed by atoms with Gasteiger partial charge >= 0.3 is 0 Å². The molecule has 0 saturated heterocycles. The van der Waals surface area contributed by atoms with Crippen LogP contribution in [0.1, 0.15) is 18.1 Å². The average molecular weight is 388 g/mol. The zero-order valence-electron chi connectivity index (χ0n) is 14.6. The monoisotopic (exact) mass is 387 g/mol. The van der Waals surface area contributed by atoms with Crippen LogP contribution in [0.3, 0.4) is 0 Å². The Morgan fingerprint density at radius 1 is 1.15 bits per heavy atom. The summed E-state index contributed by atoms with van der Waals surface area (Å²) in [4.78, 5) is 12.4. The van der Waals surface area contributed by atoms with Gasteiger partial charge in [0.05, 0.1) is 16.0 Å². The van der Waals surface area contributed by atoms with Crippen LogP contribution in [0.2, 0.25) is 5.02 Å². The average Bonchev–Trinajstić information content (AvgIpc) is 3.04. The number of amides is 1. The molecule has 0 aliphatic rings. The second-order valence-electron chi connectivity index (χ2n) is 5.98. The number of anilines is 1. The quantitative estimate of drug-likeness (QED) is 0.615. The van der Waals surface area contributed by atoms with E-state index in [-0.39, 0.29) is 5.91 Å². The van der Waals surface area contributed by atoms with Crippen LogP contribution in [0, 0.1) is 13.8 Å². The standard InChI is InChI=1S/C19H18ClN3O2S/c1-11-8-12(2)10-14(9-11)18-22-23-19(25-18)26-13(3)17(24)21-16-7-5-4-6-15(16)20/h4-10,13H,1-3H3,(H,21,24)/t13-/m1/s1. The summed E-state index contributed by atoms with van der Waals surface area (Å²) in [6, 6.07) is 13.2. The first kappa shape index (κ1) is 18.5. The van der Waals surface area contributed by atoms with E-state index in [9.17, 15) is 4.79 Å². The number of thioether (sulfide) groups is 1.